The van der Waals surface area contributed by atoms with Crippen molar-refractivity contribution in [3.8, 4) is 22.4 Å². The van der Waals surface area contributed by atoms with E-state index in [4.69, 9.17) is 14.3 Å². The number of hydrogen-bond donors (Lipinski definition) is 3. The molecule has 1 aliphatic carbocycles. The van der Waals surface area contributed by atoms with Gasteiger partial charge in [-0.15, -0.1) is 0 Å². The highest BCUT2D eigenvalue weighted by Gasteiger charge is 2.38. The highest BCUT2D eigenvalue weighted by atomic mass is 19.4. The number of carbonyl (C=O) groups is 2. The summed E-state index contributed by atoms with van der Waals surface area (Å²) in [7, 11) is 0. The second-order valence-electron chi connectivity index (χ2n) is 9.10. The van der Waals surface area contributed by atoms with Gasteiger partial charge in [0.25, 0.3) is 0 Å². The molecule has 0 saturated carbocycles. The van der Waals surface area contributed by atoms with Gasteiger partial charge in [0.1, 0.15) is 5.69 Å². The molecule has 0 fully saturated rings. The Balaban J connectivity index is 0.000000470. The summed E-state index contributed by atoms with van der Waals surface area (Å²) < 4.78 is 38.5. The van der Waals surface area contributed by atoms with E-state index in [2.05, 4.69) is 39.7 Å². The lowest BCUT2D eigenvalue weighted by Gasteiger charge is -2.14. The number of carboxylic acid groups (broad SMARTS) is 2. The Morgan fingerprint density at radius 1 is 1.02 bits per heavy atom. The number of nitrogens with one attached hydrogen (secondary N) is 1. The van der Waals surface area contributed by atoms with Crippen molar-refractivity contribution in [2.24, 2.45) is 0 Å². The molecule has 12 heteroatoms. The Kier molecular flexibility index (Phi) is 9.00. The fourth-order valence-electron chi connectivity index (χ4n) is 4.47. The second kappa shape index (κ2) is 12.6. The third-order valence-corrected chi connectivity index (χ3v) is 6.42. The summed E-state index contributed by atoms with van der Waals surface area (Å²) in [5, 5.41) is 25.1. The van der Waals surface area contributed by atoms with E-state index in [1.165, 1.54) is 5.56 Å². The van der Waals surface area contributed by atoms with E-state index in [9.17, 15) is 23.1 Å². The van der Waals surface area contributed by atoms with Crippen LogP contribution in [-0.4, -0.2) is 56.2 Å². The van der Waals surface area contributed by atoms with Gasteiger partial charge < -0.3 is 19.9 Å². The highest BCUT2D eigenvalue weighted by molar-refractivity contribution is 5.90. The zero-order chi connectivity index (χ0) is 28.7. The summed E-state index contributed by atoms with van der Waals surface area (Å²) in [6.45, 7) is 2.24. The Bertz CT molecular complexity index is 1450. The number of benzene rings is 1. The molecule has 4 aromatic rings. The SMILES string of the molecule is O=C(O)C(F)(F)F.O=C(O)c1c2c(nn1CCCNCCc1ccc(-c3ccoc3)cc1)-c1ccncc1CC2. The molecule has 0 radical (unpaired) electrons. The minimum Gasteiger partial charge on any atom is -0.477 e. The van der Waals surface area contributed by atoms with Gasteiger partial charge in [0.05, 0.1) is 18.2 Å². The fourth-order valence-corrected chi connectivity index (χ4v) is 4.47. The first kappa shape index (κ1) is 28.6. The van der Waals surface area contributed by atoms with Gasteiger partial charge in [0, 0.05) is 35.6 Å². The molecule has 3 heterocycles. The van der Waals surface area contributed by atoms with Crippen molar-refractivity contribution < 1.29 is 37.4 Å². The van der Waals surface area contributed by atoms with Gasteiger partial charge in [-0.05, 0) is 67.6 Å². The minimum absolute atomic E-state index is 0.324. The van der Waals surface area contributed by atoms with E-state index >= 15 is 0 Å². The van der Waals surface area contributed by atoms with Crippen LogP contribution in [0.25, 0.3) is 22.4 Å². The molecule has 0 unspecified atom stereocenters. The number of hydrogen-bond acceptors (Lipinski definition) is 6. The number of halogens is 3. The van der Waals surface area contributed by atoms with Crippen molar-refractivity contribution in [3.05, 3.63) is 83.7 Å². The van der Waals surface area contributed by atoms with Crippen molar-refractivity contribution in [2.75, 3.05) is 13.1 Å². The van der Waals surface area contributed by atoms with E-state index in [0.29, 0.717) is 18.7 Å². The fraction of sp³-hybridized carbons (Fsp3) is 0.286. The molecular formula is C28H27F3N4O5. The molecule has 210 valence electrons. The van der Waals surface area contributed by atoms with Crippen LogP contribution in [0.3, 0.4) is 0 Å². The van der Waals surface area contributed by atoms with Crippen LogP contribution in [0.5, 0.6) is 0 Å². The number of aryl methyl sites for hydroxylation is 2. The Morgan fingerprint density at radius 2 is 1.77 bits per heavy atom. The number of aliphatic carboxylic acids is 1. The Morgan fingerprint density at radius 3 is 2.42 bits per heavy atom. The van der Waals surface area contributed by atoms with Crippen LogP contribution in [0, 0.1) is 0 Å². The lowest BCUT2D eigenvalue weighted by Crippen LogP contribution is -2.21. The van der Waals surface area contributed by atoms with Crippen molar-refractivity contribution in [1.29, 1.82) is 0 Å². The van der Waals surface area contributed by atoms with Gasteiger partial charge in [-0.25, -0.2) is 9.59 Å². The number of alkyl halides is 3. The summed E-state index contributed by atoms with van der Waals surface area (Å²) in [5.74, 6) is -3.67. The van der Waals surface area contributed by atoms with Crippen LogP contribution in [0.1, 0.15) is 33.6 Å². The number of furan rings is 1. The van der Waals surface area contributed by atoms with E-state index < -0.39 is 18.1 Å². The largest absolute Gasteiger partial charge is 0.490 e. The first-order chi connectivity index (χ1) is 19.1. The predicted molar refractivity (Wildman–Crippen MR) is 139 cm³/mol. The zero-order valence-corrected chi connectivity index (χ0v) is 21.3. The Labute approximate surface area is 227 Å². The Hall–Kier alpha value is -4.45. The average Bonchev–Trinajstić information content (AvgIpc) is 3.59. The van der Waals surface area contributed by atoms with Gasteiger partial charge in [-0.1, -0.05) is 24.3 Å². The van der Waals surface area contributed by atoms with Gasteiger partial charge in [0.2, 0.25) is 0 Å². The maximum Gasteiger partial charge on any atom is 0.490 e. The number of rotatable bonds is 9. The number of aromatic carboxylic acids is 1. The molecule has 9 nitrogen and oxygen atoms in total. The van der Waals surface area contributed by atoms with E-state index in [1.54, 1.807) is 23.4 Å². The molecule has 1 aromatic carbocycles. The molecule has 0 bridgehead atoms. The molecule has 0 spiro atoms. The summed E-state index contributed by atoms with van der Waals surface area (Å²) in [6.07, 6.45) is 5.17. The molecule has 0 atom stereocenters. The number of pyridine rings is 1. The van der Waals surface area contributed by atoms with Crippen molar-refractivity contribution in [2.45, 2.75) is 38.4 Å². The maximum atomic E-state index is 12.0. The van der Waals surface area contributed by atoms with Crippen molar-refractivity contribution in [3.63, 3.8) is 0 Å². The quantitative estimate of drug-likeness (QED) is 0.249. The minimum atomic E-state index is -5.08. The van der Waals surface area contributed by atoms with Crippen molar-refractivity contribution >= 4 is 11.9 Å². The molecule has 3 aromatic heterocycles. The third-order valence-electron chi connectivity index (χ3n) is 6.42. The highest BCUT2D eigenvalue weighted by Crippen LogP contribution is 2.34. The second-order valence-corrected chi connectivity index (χ2v) is 9.10. The molecule has 3 N–H and O–H groups in total. The number of aromatic nitrogens is 3. The topological polar surface area (TPSA) is 130 Å². The number of fused-ring (bicyclic) bond motifs is 3. The maximum absolute atomic E-state index is 12.0. The van der Waals surface area contributed by atoms with Crippen LogP contribution < -0.4 is 5.32 Å². The lowest BCUT2D eigenvalue weighted by molar-refractivity contribution is -0.192. The van der Waals surface area contributed by atoms with Crippen LogP contribution in [0.2, 0.25) is 0 Å². The van der Waals surface area contributed by atoms with Crippen LogP contribution in [0.4, 0.5) is 13.2 Å². The van der Waals surface area contributed by atoms with Crippen LogP contribution >= 0.6 is 0 Å². The van der Waals surface area contributed by atoms with E-state index in [-0.39, 0.29) is 0 Å². The standard InChI is InChI=1S/C26H26N4O3.C2HF3O2/c31-26(32)25-23-7-6-20-16-28-13-9-22(20)24(23)29-30(25)14-1-11-27-12-8-18-2-4-19(5-3-18)21-10-15-33-17-21;3-2(4,5)1(6)7/h2-5,9-10,13,15-17,27H,1,6-8,11-12,14H2,(H,31,32);(H,6,7). The van der Waals surface area contributed by atoms with Gasteiger partial charge in [0.15, 0.2) is 0 Å². The van der Waals surface area contributed by atoms with Gasteiger partial charge >= 0.3 is 18.1 Å². The first-order valence-corrected chi connectivity index (χ1v) is 12.5. The smallest absolute Gasteiger partial charge is 0.477 e. The van der Waals surface area contributed by atoms with Gasteiger partial charge in [-0.3, -0.25) is 9.67 Å². The van der Waals surface area contributed by atoms with Crippen LogP contribution in [-0.2, 0) is 30.6 Å². The molecule has 0 amide bonds. The number of nitrogens with zero attached hydrogens (tertiary/aromatic N) is 3. The number of carboxylic acids is 2. The molecule has 1 aliphatic rings. The van der Waals surface area contributed by atoms with E-state index in [1.807, 2.05) is 18.3 Å². The lowest BCUT2D eigenvalue weighted by atomic mass is 9.90. The summed E-state index contributed by atoms with van der Waals surface area (Å²) in [5.41, 5.74) is 7.60. The normalized spacial score (nSPS) is 12.2. The van der Waals surface area contributed by atoms with Crippen LogP contribution in [0.15, 0.2) is 65.7 Å². The predicted octanol–water partition coefficient (Wildman–Crippen LogP) is 4.86. The summed E-state index contributed by atoms with van der Waals surface area (Å²) in [6, 6.07) is 12.4. The van der Waals surface area contributed by atoms with Gasteiger partial charge in [-0.2, -0.15) is 18.3 Å². The first-order valence-electron chi connectivity index (χ1n) is 12.5. The molecular weight excluding hydrogens is 529 g/mol. The zero-order valence-electron chi connectivity index (χ0n) is 21.3. The molecule has 5 rings (SSSR count). The average molecular weight is 557 g/mol. The monoisotopic (exact) mass is 556 g/mol. The molecule has 40 heavy (non-hydrogen) atoms. The summed E-state index contributed by atoms with van der Waals surface area (Å²) >= 11 is 0. The molecule has 0 saturated heterocycles. The van der Waals surface area contributed by atoms with Crippen molar-refractivity contribution in [1.82, 2.24) is 20.1 Å². The summed E-state index contributed by atoms with van der Waals surface area (Å²) in [4.78, 5) is 25.0. The third kappa shape index (κ3) is 6.94. The van der Waals surface area contributed by atoms with E-state index in [0.717, 1.165) is 65.9 Å². The molecule has 0 aliphatic heterocycles.